The Morgan fingerprint density at radius 1 is 1.29 bits per heavy atom. The Labute approximate surface area is 44.4 Å². The highest BCUT2D eigenvalue weighted by Gasteiger charge is 1.85. The van der Waals surface area contributed by atoms with Gasteiger partial charge in [0.2, 0.25) is 0 Å². The van der Waals surface area contributed by atoms with Crippen LogP contribution in [0.2, 0.25) is 0 Å². The maximum Gasteiger partial charge on any atom is 0.0127 e. The van der Waals surface area contributed by atoms with Gasteiger partial charge < -0.3 is 0 Å². The zero-order valence-electron chi connectivity index (χ0n) is 3.83. The summed E-state index contributed by atoms with van der Waals surface area (Å²) < 4.78 is 0. The summed E-state index contributed by atoms with van der Waals surface area (Å²) in [5.74, 6) is 0. The molecular weight excluding hydrogens is 105 g/mol. The van der Waals surface area contributed by atoms with E-state index < -0.39 is 0 Å². The topological polar surface area (TPSA) is 26.0 Å². The molecule has 2 heteroatoms. The Kier molecular flexibility index (Phi) is 1.40. The quantitative estimate of drug-likeness (QED) is 0.465. The molecule has 0 unspecified atom stereocenters. The molecule has 0 atom stereocenters. The summed E-state index contributed by atoms with van der Waals surface area (Å²) in [4.78, 5) is 0. The first-order valence-electron chi connectivity index (χ1n) is 2.06. The Balaban J connectivity index is 2.79. The van der Waals surface area contributed by atoms with Gasteiger partial charge in [0.1, 0.15) is 0 Å². The molecule has 0 heterocycles. The highest BCUT2D eigenvalue weighted by atomic mass is 31.1. The summed E-state index contributed by atoms with van der Waals surface area (Å²) in [6, 6.07) is 0. The lowest BCUT2D eigenvalue weighted by molar-refractivity contribution is 2.04. The van der Waals surface area contributed by atoms with Crippen LogP contribution < -0.4 is 5.50 Å². The number of hydrogen-bond donors (Lipinski definition) is 1. The molecule has 0 radical (unpaired) electrons. The molecule has 36 valence electrons. The van der Waals surface area contributed by atoms with Crippen LogP contribution in [-0.4, -0.2) is 5.29 Å². The lowest BCUT2D eigenvalue weighted by Crippen LogP contribution is -1.78. The first-order chi connectivity index (χ1) is 3.43. The van der Waals surface area contributed by atoms with E-state index >= 15 is 0 Å². The van der Waals surface area contributed by atoms with E-state index in [4.69, 9.17) is 5.50 Å². The van der Waals surface area contributed by atoms with E-state index in [0.29, 0.717) is 0 Å². The Bertz CT molecular complexity index is 130. The fourth-order valence-electron chi connectivity index (χ4n) is 0.450. The largest absolute Gasteiger partial charge is 0.284 e. The molecule has 1 aliphatic rings. The molecular formula is C5H6NP. The van der Waals surface area contributed by atoms with Gasteiger partial charge in [0, 0.05) is 5.29 Å². The molecule has 0 fully saturated rings. The van der Waals surface area contributed by atoms with Gasteiger partial charge in [-0.25, -0.2) is 0 Å². The van der Waals surface area contributed by atoms with Crippen molar-refractivity contribution in [3.63, 3.8) is 0 Å². The standard InChI is InChI=1S/C5H6NP/c6-7-5-3-1-2-4-5/h1-4H,6H2. The van der Waals surface area contributed by atoms with E-state index in [-0.39, 0.29) is 0 Å². The van der Waals surface area contributed by atoms with Crippen LogP contribution in [0.15, 0.2) is 24.3 Å². The third-order valence-electron chi connectivity index (χ3n) is 0.794. The van der Waals surface area contributed by atoms with Gasteiger partial charge in [0.05, 0.1) is 0 Å². The smallest absolute Gasteiger partial charge is 0.0127 e. The van der Waals surface area contributed by atoms with Crippen LogP contribution in [0.5, 0.6) is 0 Å². The van der Waals surface area contributed by atoms with Gasteiger partial charge in [0.25, 0.3) is 0 Å². The van der Waals surface area contributed by atoms with Gasteiger partial charge in [-0.2, -0.15) is 0 Å². The van der Waals surface area contributed by atoms with Crippen molar-refractivity contribution in [1.29, 1.82) is 0 Å². The van der Waals surface area contributed by atoms with Crippen molar-refractivity contribution < 1.29 is 0 Å². The van der Waals surface area contributed by atoms with E-state index in [9.17, 15) is 0 Å². The summed E-state index contributed by atoms with van der Waals surface area (Å²) in [5.41, 5.74) is 5.27. The first kappa shape index (κ1) is 4.76. The molecule has 0 bridgehead atoms. The minimum Gasteiger partial charge on any atom is -0.284 e. The van der Waals surface area contributed by atoms with Crippen molar-refractivity contribution in [1.82, 2.24) is 0 Å². The fourth-order valence-corrected chi connectivity index (χ4v) is 0.794. The van der Waals surface area contributed by atoms with Gasteiger partial charge in [0.15, 0.2) is 0 Å². The summed E-state index contributed by atoms with van der Waals surface area (Å²) in [5, 5.41) is 1.18. The molecule has 7 heavy (non-hydrogen) atoms. The molecule has 0 aromatic rings. The average Bonchev–Trinajstić information content (AvgIpc) is 2.14. The van der Waals surface area contributed by atoms with Crippen LogP contribution in [0.1, 0.15) is 0 Å². The van der Waals surface area contributed by atoms with Crippen molar-refractivity contribution in [2.45, 2.75) is 0 Å². The highest BCUT2D eigenvalue weighted by Crippen LogP contribution is 1.99. The van der Waals surface area contributed by atoms with E-state index in [0.717, 1.165) is 8.35 Å². The molecule has 0 saturated carbocycles. The zero-order valence-corrected chi connectivity index (χ0v) is 4.73. The molecule has 2 N–H and O–H groups in total. The first-order valence-corrected chi connectivity index (χ1v) is 3.02. The molecule has 0 aromatic carbocycles. The van der Waals surface area contributed by atoms with Crippen molar-refractivity contribution in [2.24, 2.45) is 5.50 Å². The second-order valence-electron chi connectivity index (χ2n) is 1.27. The Morgan fingerprint density at radius 2 is 1.86 bits per heavy atom. The maximum absolute atomic E-state index is 5.27. The minimum absolute atomic E-state index is 0.865. The summed E-state index contributed by atoms with van der Waals surface area (Å²) in [7, 11) is 0.865. The van der Waals surface area contributed by atoms with Gasteiger partial charge in [-0.05, 0) is 20.5 Å². The molecule has 0 spiro atoms. The van der Waals surface area contributed by atoms with Crippen LogP contribution in [0.25, 0.3) is 0 Å². The molecule has 1 aliphatic carbocycles. The fraction of sp³-hybridized carbons (Fsp3) is 0. The van der Waals surface area contributed by atoms with Gasteiger partial charge in [-0.3, -0.25) is 5.50 Å². The second-order valence-corrected chi connectivity index (χ2v) is 2.05. The monoisotopic (exact) mass is 111 g/mol. The van der Waals surface area contributed by atoms with Crippen LogP contribution in [0.3, 0.4) is 0 Å². The predicted molar refractivity (Wildman–Crippen MR) is 34.4 cm³/mol. The number of allylic oxidation sites excluding steroid dienone is 4. The number of nitrogens with two attached hydrogens (primary N) is 1. The van der Waals surface area contributed by atoms with Crippen molar-refractivity contribution in [3.8, 4) is 0 Å². The number of hydrogen-bond acceptors (Lipinski definition) is 1. The van der Waals surface area contributed by atoms with Crippen molar-refractivity contribution >= 4 is 13.6 Å². The Morgan fingerprint density at radius 3 is 2.14 bits per heavy atom. The normalized spacial score (nSPS) is 17.0. The minimum atomic E-state index is 0.865. The van der Waals surface area contributed by atoms with E-state index in [2.05, 4.69) is 0 Å². The van der Waals surface area contributed by atoms with Crippen LogP contribution >= 0.6 is 8.35 Å². The van der Waals surface area contributed by atoms with Crippen LogP contribution in [-0.2, 0) is 0 Å². The summed E-state index contributed by atoms with van der Waals surface area (Å²) >= 11 is 0. The third-order valence-corrected chi connectivity index (χ3v) is 1.39. The molecule has 1 nitrogen and oxygen atoms in total. The third kappa shape index (κ3) is 0.986. The average molecular weight is 111 g/mol. The van der Waals surface area contributed by atoms with Gasteiger partial charge in [-0.15, -0.1) is 0 Å². The highest BCUT2D eigenvalue weighted by molar-refractivity contribution is 7.39. The molecule has 0 amide bonds. The van der Waals surface area contributed by atoms with E-state index in [1.165, 1.54) is 5.29 Å². The SMILES string of the molecule is NP=C1C=CC=C1. The van der Waals surface area contributed by atoms with E-state index in [1.54, 1.807) is 0 Å². The summed E-state index contributed by atoms with van der Waals surface area (Å²) in [6.45, 7) is 0. The maximum atomic E-state index is 5.27. The zero-order chi connectivity index (χ0) is 5.11. The van der Waals surface area contributed by atoms with Gasteiger partial charge >= 0.3 is 0 Å². The predicted octanol–water partition coefficient (Wildman–Crippen LogP) is 1.10. The van der Waals surface area contributed by atoms with Crippen molar-refractivity contribution in [2.75, 3.05) is 0 Å². The van der Waals surface area contributed by atoms with Crippen molar-refractivity contribution in [3.05, 3.63) is 24.3 Å². The lowest BCUT2D eigenvalue weighted by atomic mass is 10.5. The van der Waals surface area contributed by atoms with Gasteiger partial charge in [-0.1, -0.05) is 12.2 Å². The summed E-state index contributed by atoms with van der Waals surface area (Å²) in [6.07, 6.45) is 7.97. The van der Waals surface area contributed by atoms with Crippen LogP contribution in [0, 0.1) is 0 Å². The second kappa shape index (κ2) is 2.06. The molecule has 0 aliphatic heterocycles. The molecule has 0 aromatic heterocycles. The van der Waals surface area contributed by atoms with Crippen LogP contribution in [0.4, 0.5) is 0 Å². The molecule has 0 saturated heterocycles. The molecule has 1 rings (SSSR count). The van der Waals surface area contributed by atoms with E-state index in [1.807, 2.05) is 24.3 Å². The lowest BCUT2D eigenvalue weighted by Gasteiger charge is -1.76. The Hall–Kier alpha value is -0.390. The number of rotatable bonds is 0.